The number of benzene rings is 2. The summed E-state index contributed by atoms with van der Waals surface area (Å²) in [6.07, 6.45) is 0. The van der Waals surface area contributed by atoms with Crippen molar-refractivity contribution in [1.82, 2.24) is 0 Å². The summed E-state index contributed by atoms with van der Waals surface area (Å²) in [5.41, 5.74) is 7.70. The smallest absolute Gasteiger partial charge is 0.255 e. The minimum Gasteiger partial charge on any atom is -0.494 e. The average molecular weight is 351 g/mol. The number of halogens is 1. The van der Waals surface area contributed by atoms with Gasteiger partial charge in [-0.15, -0.1) is 12.4 Å². The third kappa shape index (κ3) is 5.15. The van der Waals surface area contributed by atoms with Crippen LogP contribution < -0.4 is 20.5 Å². The maximum absolute atomic E-state index is 12.4. The maximum atomic E-state index is 12.4. The van der Waals surface area contributed by atoms with Crippen molar-refractivity contribution in [3.63, 3.8) is 0 Å². The summed E-state index contributed by atoms with van der Waals surface area (Å²) in [6.45, 7) is 5.33. The third-order valence-corrected chi connectivity index (χ3v) is 3.26. The first kappa shape index (κ1) is 19.8. The lowest BCUT2D eigenvalue weighted by Gasteiger charge is -2.13. The molecule has 24 heavy (non-hydrogen) atoms. The highest BCUT2D eigenvalue weighted by atomic mass is 35.5. The number of ether oxygens (including phenoxy) is 2. The lowest BCUT2D eigenvalue weighted by molar-refractivity contribution is 0.102. The first-order chi connectivity index (χ1) is 11.2. The van der Waals surface area contributed by atoms with Crippen LogP contribution in [0.2, 0.25) is 0 Å². The van der Waals surface area contributed by atoms with E-state index in [1.807, 2.05) is 32.0 Å². The molecule has 0 fully saturated rings. The van der Waals surface area contributed by atoms with Crippen LogP contribution >= 0.6 is 12.4 Å². The molecule has 5 nitrogen and oxygen atoms in total. The topological polar surface area (TPSA) is 73.6 Å². The average Bonchev–Trinajstić information content (AvgIpc) is 2.57. The minimum absolute atomic E-state index is 0. The van der Waals surface area contributed by atoms with Crippen LogP contribution in [-0.2, 0) is 6.54 Å². The number of rotatable bonds is 7. The highest BCUT2D eigenvalue weighted by Gasteiger charge is 2.11. The number of hydrogen-bond acceptors (Lipinski definition) is 4. The number of amides is 1. The Balaban J connectivity index is 0.00000288. The number of carbonyl (C=O) groups is 1. The zero-order valence-corrected chi connectivity index (χ0v) is 14.7. The largest absolute Gasteiger partial charge is 0.494 e. The van der Waals surface area contributed by atoms with Crippen molar-refractivity contribution in [2.45, 2.75) is 20.4 Å². The molecule has 6 heteroatoms. The van der Waals surface area contributed by atoms with Crippen LogP contribution in [0, 0.1) is 0 Å². The fourth-order valence-corrected chi connectivity index (χ4v) is 2.13. The molecule has 0 radical (unpaired) electrons. The molecule has 1 amide bonds. The van der Waals surface area contributed by atoms with Gasteiger partial charge in [-0.05, 0) is 43.7 Å². The Morgan fingerprint density at radius 3 is 2.29 bits per heavy atom. The van der Waals surface area contributed by atoms with E-state index < -0.39 is 0 Å². The molecule has 3 N–H and O–H groups in total. The van der Waals surface area contributed by atoms with Crippen LogP contribution in [0.1, 0.15) is 29.8 Å². The van der Waals surface area contributed by atoms with Crippen molar-refractivity contribution < 1.29 is 14.3 Å². The molecule has 0 aliphatic carbocycles. The predicted octanol–water partition coefficient (Wildman–Crippen LogP) is 3.62. The van der Waals surface area contributed by atoms with Crippen LogP contribution in [-0.4, -0.2) is 19.1 Å². The molecule has 0 saturated heterocycles. The maximum Gasteiger partial charge on any atom is 0.255 e. The number of carbonyl (C=O) groups excluding carboxylic acids is 1. The zero-order chi connectivity index (χ0) is 16.7. The van der Waals surface area contributed by atoms with Crippen LogP contribution in [0.25, 0.3) is 0 Å². The van der Waals surface area contributed by atoms with Crippen molar-refractivity contribution in [1.29, 1.82) is 0 Å². The van der Waals surface area contributed by atoms with Gasteiger partial charge in [0, 0.05) is 18.2 Å². The first-order valence-electron chi connectivity index (χ1n) is 7.68. The molecule has 0 aliphatic heterocycles. The van der Waals surface area contributed by atoms with Crippen LogP contribution in [0.4, 0.5) is 5.69 Å². The summed E-state index contributed by atoms with van der Waals surface area (Å²) in [6, 6.07) is 12.6. The van der Waals surface area contributed by atoms with Gasteiger partial charge in [0.05, 0.1) is 18.9 Å². The molecule has 0 heterocycles. The lowest BCUT2D eigenvalue weighted by Crippen LogP contribution is -2.13. The SMILES string of the molecule is CCOc1ccc(OCC)c(NC(=O)c2ccc(CN)cc2)c1.Cl. The molecule has 0 spiro atoms. The molecule has 0 aromatic heterocycles. The number of nitrogens with two attached hydrogens (primary N) is 1. The normalized spacial score (nSPS) is 9.79. The summed E-state index contributed by atoms with van der Waals surface area (Å²) in [4.78, 5) is 12.4. The van der Waals surface area contributed by atoms with Crippen LogP contribution in [0.3, 0.4) is 0 Å². The number of hydrogen-bond donors (Lipinski definition) is 2. The second-order valence-corrected chi connectivity index (χ2v) is 4.88. The fraction of sp³-hybridized carbons (Fsp3) is 0.278. The van der Waals surface area contributed by atoms with E-state index in [9.17, 15) is 4.79 Å². The summed E-state index contributed by atoms with van der Waals surface area (Å²) >= 11 is 0. The molecule has 2 aromatic carbocycles. The Morgan fingerprint density at radius 1 is 1.04 bits per heavy atom. The van der Waals surface area contributed by atoms with Gasteiger partial charge in [0.1, 0.15) is 11.5 Å². The van der Waals surface area contributed by atoms with Gasteiger partial charge >= 0.3 is 0 Å². The van der Waals surface area contributed by atoms with E-state index in [-0.39, 0.29) is 18.3 Å². The Morgan fingerprint density at radius 2 is 1.71 bits per heavy atom. The van der Waals surface area contributed by atoms with Gasteiger partial charge in [0.15, 0.2) is 0 Å². The van der Waals surface area contributed by atoms with Gasteiger partial charge in [-0.1, -0.05) is 12.1 Å². The first-order valence-corrected chi connectivity index (χ1v) is 7.68. The van der Waals surface area contributed by atoms with Gasteiger partial charge in [-0.25, -0.2) is 0 Å². The lowest BCUT2D eigenvalue weighted by atomic mass is 10.1. The second-order valence-electron chi connectivity index (χ2n) is 4.88. The van der Waals surface area contributed by atoms with Crippen molar-refractivity contribution in [2.75, 3.05) is 18.5 Å². The standard InChI is InChI=1S/C18H22N2O3.ClH/c1-3-22-15-9-10-17(23-4-2)16(11-15)20-18(21)14-7-5-13(12-19)6-8-14;/h5-11H,3-4,12,19H2,1-2H3,(H,20,21);1H. The second kappa shape index (κ2) is 9.80. The predicted molar refractivity (Wildman–Crippen MR) is 98.3 cm³/mol. The summed E-state index contributed by atoms with van der Waals surface area (Å²) < 4.78 is 11.0. The molecule has 0 atom stereocenters. The van der Waals surface area contributed by atoms with E-state index >= 15 is 0 Å². The van der Waals surface area contributed by atoms with E-state index in [1.165, 1.54) is 0 Å². The molecule has 2 rings (SSSR count). The van der Waals surface area contributed by atoms with E-state index in [2.05, 4.69) is 5.32 Å². The summed E-state index contributed by atoms with van der Waals surface area (Å²) in [7, 11) is 0. The van der Waals surface area contributed by atoms with E-state index in [0.29, 0.717) is 42.5 Å². The monoisotopic (exact) mass is 350 g/mol. The van der Waals surface area contributed by atoms with E-state index in [1.54, 1.807) is 24.3 Å². The highest BCUT2D eigenvalue weighted by molar-refractivity contribution is 6.05. The third-order valence-electron chi connectivity index (χ3n) is 3.26. The van der Waals surface area contributed by atoms with E-state index in [0.717, 1.165) is 5.56 Å². The Labute approximate surface area is 148 Å². The van der Waals surface area contributed by atoms with Crippen LogP contribution in [0.15, 0.2) is 42.5 Å². The Bertz CT molecular complexity index is 660. The summed E-state index contributed by atoms with van der Waals surface area (Å²) in [5, 5.41) is 2.87. The number of anilines is 1. The molecule has 0 aliphatic rings. The Kier molecular flexibility index (Phi) is 8.09. The van der Waals surface area contributed by atoms with Crippen LogP contribution in [0.5, 0.6) is 11.5 Å². The molecule has 0 saturated carbocycles. The quantitative estimate of drug-likeness (QED) is 0.799. The molecule has 0 bridgehead atoms. The zero-order valence-electron chi connectivity index (χ0n) is 13.9. The Hall–Kier alpha value is -2.24. The van der Waals surface area contributed by atoms with Crippen molar-refractivity contribution in [3.8, 4) is 11.5 Å². The van der Waals surface area contributed by atoms with Crippen molar-refractivity contribution in [2.24, 2.45) is 5.73 Å². The van der Waals surface area contributed by atoms with Gasteiger partial charge in [0.25, 0.3) is 5.91 Å². The van der Waals surface area contributed by atoms with Gasteiger partial charge in [-0.2, -0.15) is 0 Å². The minimum atomic E-state index is -0.205. The molecule has 2 aromatic rings. The number of nitrogens with one attached hydrogen (secondary N) is 1. The van der Waals surface area contributed by atoms with Gasteiger partial charge in [-0.3, -0.25) is 4.79 Å². The van der Waals surface area contributed by atoms with Gasteiger partial charge < -0.3 is 20.5 Å². The van der Waals surface area contributed by atoms with Crippen molar-refractivity contribution >= 4 is 24.0 Å². The molecule has 0 unspecified atom stereocenters. The molecule has 130 valence electrons. The van der Waals surface area contributed by atoms with E-state index in [4.69, 9.17) is 15.2 Å². The highest BCUT2D eigenvalue weighted by Crippen LogP contribution is 2.30. The van der Waals surface area contributed by atoms with Crippen molar-refractivity contribution in [3.05, 3.63) is 53.6 Å². The van der Waals surface area contributed by atoms with Gasteiger partial charge in [0.2, 0.25) is 0 Å². The molecular formula is C18H23ClN2O3. The molecular weight excluding hydrogens is 328 g/mol. The fourth-order valence-electron chi connectivity index (χ4n) is 2.13. The summed E-state index contributed by atoms with van der Waals surface area (Å²) in [5.74, 6) is 1.09.